The number of carbonyl (C=O) groups excluding carboxylic acids is 1. The van der Waals surface area contributed by atoms with Crippen LogP contribution in [0.15, 0.2) is 4.99 Å². The number of carbonyl (C=O) groups is 1. The van der Waals surface area contributed by atoms with Crippen LogP contribution in [0.2, 0.25) is 0 Å². The molecule has 0 saturated heterocycles. The molecular weight excluding hydrogens is 244 g/mol. The van der Waals surface area contributed by atoms with Gasteiger partial charge in [-0.25, -0.2) is 9.79 Å². The topological polar surface area (TPSA) is 70.6 Å². The Morgan fingerprint density at radius 1 is 1.58 bits per heavy atom. The number of rotatable bonds is 4. The van der Waals surface area contributed by atoms with E-state index in [9.17, 15) is 10.1 Å². The quantitative estimate of drug-likeness (QED) is 0.468. The van der Waals surface area contributed by atoms with E-state index >= 15 is 0 Å². The normalized spacial score (nSPS) is 10.5. The first-order valence-corrected chi connectivity index (χ1v) is 5.88. The minimum Gasteiger partial charge on any atom is -0.464 e. The Bertz CT molecular complexity index is 550. The number of hydrogen-bond acceptors (Lipinski definition) is 4. The van der Waals surface area contributed by atoms with Crippen molar-refractivity contribution in [2.75, 3.05) is 21.2 Å². The van der Waals surface area contributed by atoms with Crippen molar-refractivity contribution in [1.82, 2.24) is 9.47 Å². The second-order valence-electron chi connectivity index (χ2n) is 4.24. The minimum absolute atomic E-state index is 0.300. The maximum absolute atomic E-state index is 11.9. The Hall–Kier alpha value is -2.29. The summed E-state index contributed by atoms with van der Waals surface area (Å²) in [5.74, 6) is -0.496. The van der Waals surface area contributed by atoms with Gasteiger partial charge in [0.1, 0.15) is 11.8 Å². The van der Waals surface area contributed by atoms with Gasteiger partial charge in [-0.2, -0.15) is 5.26 Å². The first-order valence-electron chi connectivity index (χ1n) is 5.88. The Morgan fingerprint density at radius 3 is 2.63 bits per heavy atom. The number of nitriles is 1. The van der Waals surface area contributed by atoms with Crippen LogP contribution in [0, 0.1) is 11.3 Å². The molecule has 0 N–H and O–H groups in total. The molecule has 0 amide bonds. The van der Waals surface area contributed by atoms with Crippen LogP contribution >= 0.6 is 0 Å². The maximum Gasteiger partial charge on any atom is 0.356 e. The fourth-order valence-electron chi connectivity index (χ4n) is 1.88. The molecule has 102 valence electrons. The third-order valence-corrected chi connectivity index (χ3v) is 2.73. The molecule has 0 fully saturated rings. The van der Waals surface area contributed by atoms with E-state index in [-0.39, 0.29) is 0 Å². The van der Waals surface area contributed by atoms with Gasteiger partial charge in [-0.3, -0.25) is 0 Å². The van der Waals surface area contributed by atoms with Crippen LogP contribution in [-0.4, -0.2) is 43.0 Å². The van der Waals surface area contributed by atoms with Crippen molar-refractivity contribution in [2.45, 2.75) is 13.3 Å². The van der Waals surface area contributed by atoms with Gasteiger partial charge in [0, 0.05) is 26.8 Å². The van der Waals surface area contributed by atoms with Crippen molar-refractivity contribution in [3.63, 3.8) is 0 Å². The molecule has 0 aliphatic rings. The molecule has 6 nitrogen and oxygen atoms in total. The van der Waals surface area contributed by atoms with E-state index < -0.39 is 5.97 Å². The summed E-state index contributed by atoms with van der Waals surface area (Å²) in [5, 5.41) is 9.28. The lowest BCUT2D eigenvalue weighted by Crippen LogP contribution is -2.10. The van der Waals surface area contributed by atoms with E-state index in [0.29, 0.717) is 23.4 Å². The van der Waals surface area contributed by atoms with Gasteiger partial charge in [-0.15, -0.1) is 0 Å². The highest BCUT2D eigenvalue weighted by atomic mass is 16.5. The zero-order valence-corrected chi connectivity index (χ0v) is 11.9. The third kappa shape index (κ3) is 2.76. The third-order valence-electron chi connectivity index (χ3n) is 2.73. The molecule has 0 spiro atoms. The SMILES string of the molecule is CCc1c(C#N)c(N=CN(C)C)c(C(=O)OC)n1C. The van der Waals surface area contributed by atoms with E-state index in [1.165, 1.54) is 7.11 Å². The summed E-state index contributed by atoms with van der Waals surface area (Å²) in [6.45, 7) is 1.93. The molecule has 19 heavy (non-hydrogen) atoms. The van der Waals surface area contributed by atoms with Gasteiger partial charge in [0.05, 0.1) is 19.0 Å². The van der Waals surface area contributed by atoms with Crippen LogP contribution in [-0.2, 0) is 18.2 Å². The highest BCUT2D eigenvalue weighted by Gasteiger charge is 2.25. The molecule has 0 aliphatic heterocycles. The highest BCUT2D eigenvalue weighted by Crippen LogP contribution is 2.30. The van der Waals surface area contributed by atoms with E-state index in [4.69, 9.17) is 4.74 Å². The largest absolute Gasteiger partial charge is 0.464 e. The van der Waals surface area contributed by atoms with Gasteiger partial charge in [0.15, 0.2) is 5.69 Å². The molecular formula is C13H18N4O2. The fourth-order valence-corrected chi connectivity index (χ4v) is 1.88. The lowest BCUT2D eigenvalue weighted by Gasteiger charge is -2.05. The number of aliphatic imine (C=N–C) groups is 1. The number of hydrogen-bond donors (Lipinski definition) is 0. The first kappa shape index (κ1) is 14.8. The summed E-state index contributed by atoms with van der Waals surface area (Å²) in [7, 11) is 6.68. The number of aromatic nitrogens is 1. The lowest BCUT2D eigenvalue weighted by molar-refractivity contribution is 0.0590. The monoisotopic (exact) mass is 262 g/mol. The molecule has 1 aromatic heterocycles. The fraction of sp³-hybridized carbons (Fsp3) is 0.462. The summed E-state index contributed by atoms with van der Waals surface area (Å²) in [6.07, 6.45) is 2.20. The van der Waals surface area contributed by atoms with E-state index in [1.54, 1.807) is 22.9 Å². The number of methoxy groups -OCH3 is 1. The Kier molecular flexibility index (Phi) is 4.70. The molecule has 6 heteroatoms. The Morgan fingerprint density at radius 2 is 2.21 bits per heavy atom. The molecule has 0 radical (unpaired) electrons. The minimum atomic E-state index is -0.496. The van der Waals surface area contributed by atoms with Crippen molar-refractivity contribution >= 4 is 18.0 Å². The molecule has 0 saturated carbocycles. The van der Waals surface area contributed by atoms with Gasteiger partial charge >= 0.3 is 5.97 Å². The second-order valence-corrected chi connectivity index (χ2v) is 4.24. The first-order chi connectivity index (χ1) is 8.97. The molecule has 0 aliphatic carbocycles. The van der Waals surface area contributed by atoms with Gasteiger partial charge in [-0.1, -0.05) is 6.92 Å². The Balaban J connectivity index is 3.56. The van der Waals surface area contributed by atoms with Crippen molar-refractivity contribution in [3.05, 3.63) is 17.0 Å². The lowest BCUT2D eigenvalue weighted by atomic mass is 10.2. The van der Waals surface area contributed by atoms with E-state index in [2.05, 4.69) is 11.1 Å². The summed E-state index contributed by atoms with van der Waals surface area (Å²) < 4.78 is 6.44. The van der Waals surface area contributed by atoms with Crippen LogP contribution in [0.1, 0.15) is 28.7 Å². The molecule has 0 atom stereocenters. The van der Waals surface area contributed by atoms with E-state index in [0.717, 1.165) is 5.69 Å². The van der Waals surface area contributed by atoms with Crippen molar-refractivity contribution < 1.29 is 9.53 Å². The van der Waals surface area contributed by atoms with Gasteiger partial charge in [-0.05, 0) is 6.42 Å². The summed E-state index contributed by atoms with van der Waals surface area (Å²) in [6, 6.07) is 2.12. The highest BCUT2D eigenvalue weighted by molar-refractivity contribution is 5.96. The Labute approximate surface area is 112 Å². The molecule has 0 unspecified atom stereocenters. The summed E-state index contributed by atoms with van der Waals surface area (Å²) >= 11 is 0. The van der Waals surface area contributed by atoms with Crippen LogP contribution in [0.25, 0.3) is 0 Å². The van der Waals surface area contributed by atoms with E-state index in [1.807, 2.05) is 21.0 Å². The predicted octanol–water partition coefficient (Wildman–Crippen LogP) is 1.47. The molecule has 1 heterocycles. The average molecular weight is 262 g/mol. The smallest absolute Gasteiger partial charge is 0.356 e. The molecule has 1 rings (SSSR count). The van der Waals surface area contributed by atoms with Crippen molar-refractivity contribution in [1.29, 1.82) is 5.26 Å². The summed E-state index contributed by atoms with van der Waals surface area (Å²) in [4.78, 5) is 17.8. The van der Waals surface area contributed by atoms with Crippen LogP contribution in [0.3, 0.4) is 0 Å². The van der Waals surface area contributed by atoms with Crippen LogP contribution < -0.4 is 0 Å². The predicted molar refractivity (Wildman–Crippen MR) is 72.7 cm³/mol. The average Bonchev–Trinajstić information content (AvgIpc) is 2.66. The van der Waals surface area contributed by atoms with Crippen LogP contribution in [0.4, 0.5) is 5.69 Å². The second kappa shape index (κ2) is 6.05. The molecule has 0 bridgehead atoms. The van der Waals surface area contributed by atoms with Crippen molar-refractivity contribution in [2.24, 2.45) is 12.0 Å². The van der Waals surface area contributed by atoms with Gasteiger partial charge in [0.2, 0.25) is 0 Å². The van der Waals surface area contributed by atoms with Crippen molar-refractivity contribution in [3.8, 4) is 6.07 Å². The number of ether oxygens (including phenoxy) is 1. The number of esters is 1. The summed E-state index contributed by atoms with van der Waals surface area (Å²) in [5.41, 5.74) is 1.86. The zero-order chi connectivity index (χ0) is 14.6. The standard InChI is InChI=1S/C13H18N4O2/c1-6-10-9(7-14)11(15-8-16(2)3)12(17(10)4)13(18)19-5/h8H,6H2,1-5H3. The van der Waals surface area contributed by atoms with Crippen LogP contribution in [0.5, 0.6) is 0 Å². The number of nitrogens with zero attached hydrogens (tertiary/aromatic N) is 4. The molecule has 0 aromatic carbocycles. The maximum atomic E-state index is 11.9. The van der Waals surface area contributed by atoms with Gasteiger partial charge < -0.3 is 14.2 Å². The molecule has 1 aromatic rings. The zero-order valence-electron chi connectivity index (χ0n) is 11.9. The van der Waals surface area contributed by atoms with Gasteiger partial charge in [0.25, 0.3) is 0 Å².